The van der Waals surface area contributed by atoms with Crippen molar-refractivity contribution >= 4 is 43.2 Å². The molecule has 0 amide bonds. The molecule has 5 rings (SSSR count). The monoisotopic (exact) mass is 382 g/mol. The van der Waals surface area contributed by atoms with Gasteiger partial charge in [-0.3, -0.25) is 4.79 Å². The van der Waals surface area contributed by atoms with E-state index in [0.29, 0.717) is 6.04 Å². The first kappa shape index (κ1) is 16.2. The quantitative estimate of drug-likeness (QED) is 0.590. The first-order valence-electron chi connectivity index (χ1n) is 9.08. The number of thiazole rings is 1. The summed E-state index contributed by atoms with van der Waals surface area (Å²) in [5.41, 5.74) is 1.24. The Bertz CT molecular complexity index is 1090. The van der Waals surface area contributed by atoms with Crippen LogP contribution < -0.4 is 10.5 Å². The molecule has 3 heterocycles. The zero-order valence-corrected chi connectivity index (χ0v) is 16.0. The zero-order chi connectivity index (χ0) is 17.5. The fourth-order valence-corrected chi connectivity index (χ4v) is 6.11. The molecule has 26 heavy (non-hydrogen) atoms. The van der Waals surface area contributed by atoms with Gasteiger partial charge in [-0.1, -0.05) is 35.8 Å². The minimum Gasteiger partial charge on any atom is -0.309 e. The summed E-state index contributed by atoms with van der Waals surface area (Å²) in [7, 11) is 0. The molecule has 1 N–H and O–H groups in total. The Morgan fingerprint density at radius 1 is 1.08 bits per heavy atom. The smallest absolute Gasteiger partial charge is 0.273 e. The van der Waals surface area contributed by atoms with E-state index in [2.05, 4.69) is 18.2 Å². The van der Waals surface area contributed by atoms with Crippen LogP contribution in [0.4, 0.5) is 0 Å². The molecule has 0 bridgehead atoms. The third-order valence-electron chi connectivity index (χ3n) is 5.24. The molecule has 0 spiro atoms. The summed E-state index contributed by atoms with van der Waals surface area (Å²) >= 11 is 3.40. The maximum absolute atomic E-state index is 12.7. The van der Waals surface area contributed by atoms with Crippen LogP contribution in [0.5, 0.6) is 0 Å². The average Bonchev–Trinajstić information content (AvgIpc) is 3.24. The van der Waals surface area contributed by atoms with Crippen LogP contribution >= 0.6 is 22.9 Å². The molecule has 1 unspecified atom stereocenters. The number of fused-ring (bicyclic) bond motifs is 2. The van der Waals surface area contributed by atoms with Crippen molar-refractivity contribution in [1.29, 1.82) is 0 Å². The van der Waals surface area contributed by atoms with E-state index in [1.54, 1.807) is 11.5 Å². The molecular weight excluding hydrogens is 362 g/mol. The van der Waals surface area contributed by atoms with Gasteiger partial charge in [0.15, 0.2) is 11.7 Å². The van der Waals surface area contributed by atoms with Crippen molar-refractivity contribution in [3.63, 3.8) is 0 Å². The van der Waals surface area contributed by atoms with E-state index in [0.717, 1.165) is 35.2 Å². The van der Waals surface area contributed by atoms with Gasteiger partial charge in [-0.15, -0.1) is 11.3 Å². The Kier molecular flexibility index (Phi) is 4.11. The molecule has 0 radical (unpaired) electrons. The predicted molar refractivity (Wildman–Crippen MR) is 108 cm³/mol. The normalized spacial score (nSPS) is 20.8. The lowest BCUT2D eigenvalue weighted by Crippen LogP contribution is -3.12. The number of benzene rings is 2. The van der Waals surface area contributed by atoms with E-state index in [4.69, 9.17) is 4.98 Å². The Labute approximate surface area is 159 Å². The standard InChI is InChI=1S/C20H19N3OS2/c24-20-14-7-1-3-10-17(14)26-23(20)13-22-12-6-5-9-16(22)19-21-15-8-2-4-11-18(15)25-19/h1-4,7-8,10-11,16H,5-6,9,12-13H2/p+1/t16-/m0/s1. The van der Waals surface area contributed by atoms with Gasteiger partial charge in [-0.2, -0.15) is 0 Å². The number of hydrogen-bond acceptors (Lipinski definition) is 4. The van der Waals surface area contributed by atoms with E-state index in [1.807, 2.05) is 45.6 Å². The van der Waals surface area contributed by atoms with E-state index < -0.39 is 0 Å². The first-order chi connectivity index (χ1) is 12.8. The second-order valence-electron chi connectivity index (χ2n) is 6.91. The van der Waals surface area contributed by atoms with Crippen molar-refractivity contribution < 1.29 is 4.90 Å². The Morgan fingerprint density at radius 2 is 1.88 bits per heavy atom. The summed E-state index contributed by atoms with van der Waals surface area (Å²) in [5, 5.41) is 2.06. The van der Waals surface area contributed by atoms with Crippen molar-refractivity contribution in [3.8, 4) is 0 Å². The number of nitrogens with one attached hydrogen (secondary N) is 1. The Morgan fingerprint density at radius 3 is 2.73 bits per heavy atom. The van der Waals surface area contributed by atoms with Gasteiger partial charge in [-0.05, 0) is 37.1 Å². The average molecular weight is 383 g/mol. The highest BCUT2D eigenvalue weighted by Crippen LogP contribution is 2.28. The molecule has 0 saturated carbocycles. The molecule has 0 aliphatic carbocycles. The fourth-order valence-electron chi connectivity index (χ4n) is 3.91. The highest BCUT2D eigenvalue weighted by molar-refractivity contribution is 7.18. The van der Waals surface area contributed by atoms with E-state index >= 15 is 0 Å². The van der Waals surface area contributed by atoms with Gasteiger partial charge in [0.05, 0.1) is 26.8 Å². The maximum atomic E-state index is 12.7. The number of aromatic nitrogens is 2. The van der Waals surface area contributed by atoms with Crippen LogP contribution in [0.1, 0.15) is 30.3 Å². The summed E-state index contributed by atoms with van der Waals surface area (Å²) in [6.45, 7) is 1.83. The van der Waals surface area contributed by atoms with Gasteiger partial charge in [-0.25, -0.2) is 8.94 Å². The van der Waals surface area contributed by atoms with Crippen molar-refractivity contribution in [2.45, 2.75) is 32.0 Å². The van der Waals surface area contributed by atoms with Gasteiger partial charge in [0.2, 0.25) is 0 Å². The van der Waals surface area contributed by atoms with Crippen molar-refractivity contribution in [1.82, 2.24) is 8.94 Å². The lowest BCUT2D eigenvalue weighted by Gasteiger charge is -2.30. The highest BCUT2D eigenvalue weighted by atomic mass is 32.1. The number of quaternary nitrogens is 1. The minimum absolute atomic E-state index is 0.145. The summed E-state index contributed by atoms with van der Waals surface area (Å²) < 4.78 is 4.27. The van der Waals surface area contributed by atoms with Crippen molar-refractivity contribution in [2.24, 2.45) is 0 Å². The molecule has 6 heteroatoms. The van der Waals surface area contributed by atoms with Gasteiger partial charge in [0, 0.05) is 6.42 Å². The summed E-state index contributed by atoms with van der Waals surface area (Å²) in [4.78, 5) is 19.1. The van der Waals surface area contributed by atoms with E-state index in [9.17, 15) is 4.79 Å². The molecular formula is C20H20N3OS2+. The molecule has 2 atom stereocenters. The van der Waals surface area contributed by atoms with Crippen molar-refractivity contribution in [3.05, 3.63) is 63.9 Å². The topological polar surface area (TPSA) is 39.3 Å². The zero-order valence-electron chi connectivity index (χ0n) is 14.4. The van der Waals surface area contributed by atoms with Crippen LogP contribution in [-0.2, 0) is 6.67 Å². The van der Waals surface area contributed by atoms with Gasteiger partial charge in [0.1, 0.15) is 6.04 Å². The molecule has 1 aliphatic rings. The fraction of sp³-hybridized carbons (Fsp3) is 0.300. The number of likely N-dealkylation sites (tertiary alicyclic amines) is 1. The second kappa shape index (κ2) is 6.61. The van der Waals surface area contributed by atoms with Crippen LogP contribution in [0.3, 0.4) is 0 Å². The molecule has 132 valence electrons. The molecule has 4 aromatic rings. The number of piperidine rings is 1. The first-order valence-corrected chi connectivity index (χ1v) is 10.7. The van der Waals surface area contributed by atoms with Crippen LogP contribution in [0.25, 0.3) is 20.3 Å². The Hall–Kier alpha value is -2.02. The number of rotatable bonds is 3. The molecule has 1 saturated heterocycles. The van der Waals surface area contributed by atoms with E-state index in [-0.39, 0.29) is 5.56 Å². The number of hydrogen-bond donors (Lipinski definition) is 1. The maximum Gasteiger partial charge on any atom is 0.273 e. The Balaban J connectivity index is 1.49. The van der Waals surface area contributed by atoms with Crippen molar-refractivity contribution in [2.75, 3.05) is 6.54 Å². The summed E-state index contributed by atoms with van der Waals surface area (Å²) in [5.74, 6) is 0. The van der Waals surface area contributed by atoms with Crippen LogP contribution in [0, 0.1) is 0 Å². The second-order valence-corrected chi connectivity index (χ2v) is 9.03. The van der Waals surface area contributed by atoms with Gasteiger partial charge < -0.3 is 4.90 Å². The third-order valence-corrected chi connectivity index (χ3v) is 7.46. The SMILES string of the molecule is O=c1c2ccccc2sn1C[NH+]1CCCC[C@H]1c1nc2ccccc2s1. The summed E-state index contributed by atoms with van der Waals surface area (Å²) in [6.07, 6.45) is 3.61. The third kappa shape index (κ3) is 2.78. The van der Waals surface area contributed by atoms with Crippen LogP contribution in [0.2, 0.25) is 0 Å². The summed E-state index contributed by atoms with van der Waals surface area (Å²) in [6, 6.07) is 16.7. The molecule has 2 aromatic heterocycles. The minimum atomic E-state index is 0.145. The molecule has 4 nitrogen and oxygen atoms in total. The van der Waals surface area contributed by atoms with Gasteiger partial charge in [0.25, 0.3) is 5.56 Å². The largest absolute Gasteiger partial charge is 0.309 e. The highest BCUT2D eigenvalue weighted by Gasteiger charge is 2.31. The lowest BCUT2D eigenvalue weighted by molar-refractivity contribution is -0.958. The molecule has 1 aliphatic heterocycles. The lowest BCUT2D eigenvalue weighted by atomic mass is 10.0. The predicted octanol–water partition coefficient (Wildman–Crippen LogP) is 3.44. The van der Waals surface area contributed by atoms with Crippen LogP contribution in [-0.4, -0.2) is 15.5 Å². The van der Waals surface area contributed by atoms with E-state index in [1.165, 1.54) is 27.4 Å². The molecule has 1 fully saturated rings. The number of para-hydroxylation sites is 1. The van der Waals surface area contributed by atoms with Crippen LogP contribution in [0.15, 0.2) is 53.3 Å². The number of nitrogens with zero attached hydrogens (tertiary/aromatic N) is 2. The molecule has 2 aromatic carbocycles. The van der Waals surface area contributed by atoms with Gasteiger partial charge >= 0.3 is 0 Å².